The van der Waals surface area contributed by atoms with Crippen molar-refractivity contribution in [3.05, 3.63) is 42.1 Å². The van der Waals surface area contributed by atoms with E-state index in [0.29, 0.717) is 5.56 Å². The summed E-state index contributed by atoms with van der Waals surface area (Å²) in [7, 11) is 1.62. The highest BCUT2D eigenvalue weighted by Crippen LogP contribution is 2.20. The number of nitrogens with zero attached hydrogens (tertiary/aromatic N) is 1. The summed E-state index contributed by atoms with van der Waals surface area (Å²) in [5.41, 5.74) is 2.34. The van der Waals surface area contributed by atoms with Gasteiger partial charge in [0.05, 0.1) is 5.69 Å². The Morgan fingerprint density at radius 1 is 1.33 bits per heavy atom. The summed E-state index contributed by atoms with van der Waals surface area (Å²) in [6.07, 6.45) is 1.66. The molecule has 0 bridgehead atoms. The minimum atomic E-state index is -0.0970. The Bertz CT molecular complexity index is 462. The van der Waals surface area contributed by atoms with Crippen LogP contribution in [0.15, 0.2) is 36.5 Å². The lowest BCUT2D eigenvalue weighted by Gasteiger charge is -2.05. The van der Waals surface area contributed by atoms with Crippen LogP contribution in [0, 0.1) is 0 Å². The average Bonchev–Trinajstić information content (AvgIpc) is 2.81. The van der Waals surface area contributed by atoms with Crippen molar-refractivity contribution in [2.75, 3.05) is 7.05 Å². The van der Waals surface area contributed by atoms with Gasteiger partial charge in [0.15, 0.2) is 0 Å². The molecule has 4 nitrogen and oxygen atoms in total. The van der Waals surface area contributed by atoms with E-state index >= 15 is 0 Å². The van der Waals surface area contributed by atoms with Gasteiger partial charge in [0.25, 0.3) is 5.91 Å². The minimum Gasteiger partial charge on any atom is -0.355 e. The zero-order valence-corrected chi connectivity index (χ0v) is 8.32. The maximum absolute atomic E-state index is 11.6. The fourth-order valence-electron chi connectivity index (χ4n) is 1.46. The molecule has 0 atom stereocenters. The summed E-state index contributed by atoms with van der Waals surface area (Å²) in [6.45, 7) is 0. The number of amides is 1. The van der Waals surface area contributed by atoms with Crippen LogP contribution in [0.25, 0.3) is 11.3 Å². The molecule has 0 spiro atoms. The second-order valence-electron chi connectivity index (χ2n) is 3.10. The first-order valence-electron chi connectivity index (χ1n) is 4.64. The number of nitrogens with one attached hydrogen (secondary N) is 2. The van der Waals surface area contributed by atoms with E-state index in [2.05, 4.69) is 15.5 Å². The van der Waals surface area contributed by atoms with Crippen LogP contribution in [-0.4, -0.2) is 23.2 Å². The minimum absolute atomic E-state index is 0.0970. The molecule has 1 amide bonds. The maximum Gasteiger partial charge on any atom is 0.251 e. The largest absolute Gasteiger partial charge is 0.355 e. The standard InChI is InChI=1S/C11H11N3O/c1-12-11(15)9-5-3-2-4-8(9)10-6-7-13-14-10/h2-7H,1H3,(H,12,15)(H,13,14). The molecule has 1 heterocycles. The Balaban J connectivity index is 2.52. The van der Waals surface area contributed by atoms with E-state index < -0.39 is 0 Å². The molecule has 2 rings (SSSR count). The van der Waals surface area contributed by atoms with Crippen LogP contribution in [-0.2, 0) is 0 Å². The molecular weight excluding hydrogens is 190 g/mol. The van der Waals surface area contributed by atoms with Crippen LogP contribution in [0.2, 0.25) is 0 Å². The number of carbonyl (C=O) groups excluding carboxylic acids is 1. The first-order valence-corrected chi connectivity index (χ1v) is 4.64. The number of hydrogen-bond donors (Lipinski definition) is 2. The third-order valence-corrected chi connectivity index (χ3v) is 2.19. The van der Waals surface area contributed by atoms with E-state index in [0.717, 1.165) is 11.3 Å². The highest BCUT2D eigenvalue weighted by atomic mass is 16.1. The Kier molecular flexibility index (Phi) is 2.49. The van der Waals surface area contributed by atoms with Crippen LogP contribution in [0.1, 0.15) is 10.4 Å². The highest BCUT2D eigenvalue weighted by molar-refractivity contribution is 6.00. The van der Waals surface area contributed by atoms with Crippen LogP contribution < -0.4 is 5.32 Å². The van der Waals surface area contributed by atoms with Crippen molar-refractivity contribution in [2.24, 2.45) is 0 Å². The topological polar surface area (TPSA) is 57.8 Å². The van der Waals surface area contributed by atoms with Crippen LogP contribution in [0.3, 0.4) is 0 Å². The average molecular weight is 201 g/mol. The molecule has 0 saturated carbocycles. The summed E-state index contributed by atoms with van der Waals surface area (Å²) in [4.78, 5) is 11.6. The lowest BCUT2D eigenvalue weighted by Crippen LogP contribution is -2.18. The normalized spacial score (nSPS) is 9.93. The molecule has 0 radical (unpaired) electrons. The summed E-state index contributed by atoms with van der Waals surface area (Å²) in [5, 5.41) is 9.32. The van der Waals surface area contributed by atoms with Gasteiger partial charge >= 0.3 is 0 Å². The van der Waals surface area contributed by atoms with Crippen molar-refractivity contribution < 1.29 is 4.79 Å². The van der Waals surface area contributed by atoms with Gasteiger partial charge in [0.1, 0.15) is 0 Å². The van der Waals surface area contributed by atoms with Gasteiger partial charge in [-0.05, 0) is 12.1 Å². The SMILES string of the molecule is CNC(=O)c1ccccc1-c1ccn[nH]1. The van der Waals surface area contributed by atoms with E-state index in [1.165, 1.54) is 0 Å². The number of benzene rings is 1. The van der Waals surface area contributed by atoms with Crippen LogP contribution in [0.5, 0.6) is 0 Å². The molecule has 4 heteroatoms. The van der Waals surface area contributed by atoms with Gasteiger partial charge in [0.2, 0.25) is 0 Å². The molecule has 0 fully saturated rings. The molecule has 1 aromatic heterocycles. The fourth-order valence-corrected chi connectivity index (χ4v) is 1.46. The van der Waals surface area contributed by atoms with Crippen LogP contribution >= 0.6 is 0 Å². The van der Waals surface area contributed by atoms with Crippen molar-refractivity contribution in [3.63, 3.8) is 0 Å². The van der Waals surface area contributed by atoms with E-state index in [4.69, 9.17) is 0 Å². The molecule has 2 aromatic rings. The molecule has 0 unspecified atom stereocenters. The first-order chi connectivity index (χ1) is 7.33. The Morgan fingerprint density at radius 3 is 2.80 bits per heavy atom. The molecule has 0 saturated heterocycles. The van der Waals surface area contributed by atoms with Gasteiger partial charge in [-0.25, -0.2) is 0 Å². The predicted molar refractivity (Wildman–Crippen MR) is 57.4 cm³/mol. The smallest absolute Gasteiger partial charge is 0.251 e. The summed E-state index contributed by atoms with van der Waals surface area (Å²) in [6, 6.07) is 9.24. The van der Waals surface area contributed by atoms with Gasteiger partial charge in [-0.3, -0.25) is 9.89 Å². The lowest BCUT2D eigenvalue weighted by molar-refractivity contribution is 0.0963. The van der Waals surface area contributed by atoms with E-state index in [1.54, 1.807) is 19.3 Å². The van der Waals surface area contributed by atoms with Gasteiger partial charge in [-0.2, -0.15) is 5.10 Å². The molecule has 1 aromatic carbocycles. The molecule has 0 aliphatic heterocycles. The van der Waals surface area contributed by atoms with E-state index in [-0.39, 0.29) is 5.91 Å². The van der Waals surface area contributed by atoms with Gasteiger partial charge < -0.3 is 5.32 Å². The molecule has 15 heavy (non-hydrogen) atoms. The van der Waals surface area contributed by atoms with Gasteiger partial charge in [-0.1, -0.05) is 18.2 Å². The number of hydrogen-bond acceptors (Lipinski definition) is 2. The number of H-pyrrole nitrogens is 1. The van der Waals surface area contributed by atoms with E-state index in [9.17, 15) is 4.79 Å². The second-order valence-corrected chi connectivity index (χ2v) is 3.10. The maximum atomic E-state index is 11.6. The number of aromatic nitrogens is 2. The molecule has 0 aliphatic rings. The molecular formula is C11H11N3O. The summed E-state index contributed by atoms with van der Waals surface area (Å²) in [5.74, 6) is -0.0970. The summed E-state index contributed by atoms with van der Waals surface area (Å²) >= 11 is 0. The number of aromatic amines is 1. The van der Waals surface area contributed by atoms with Gasteiger partial charge in [0, 0.05) is 24.4 Å². The van der Waals surface area contributed by atoms with Crippen LogP contribution in [0.4, 0.5) is 0 Å². The zero-order chi connectivity index (χ0) is 10.7. The van der Waals surface area contributed by atoms with E-state index in [1.807, 2.05) is 24.3 Å². The fraction of sp³-hybridized carbons (Fsp3) is 0.0909. The van der Waals surface area contributed by atoms with Crippen molar-refractivity contribution >= 4 is 5.91 Å². The summed E-state index contributed by atoms with van der Waals surface area (Å²) < 4.78 is 0. The van der Waals surface area contributed by atoms with Crippen molar-refractivity contribution in [1.82, 2.24) is 15.5 Å². The number of carbonyl (C=O) groups is 1. The first kappa shape index (κ1) is 9.45. The highest BCUT2D eigenvalue weighted by Gasteiger charge is 2.10. The number of rotatable bonds is 2. The Morgan fingerprint density at radius 2 is 2.13 bits per heavy atom. The molecule has 76 valence electrons. The Labute approximate surface area is 87.3 Å². The van der Waals surface area contributed by atoms with Crippen molar-refractivity contribution in [1.29, 1.82) is 0 Å². The monoisotopic (exact) mass is 201 g/mol. The molecule has 2 N–H and O–H groups in total. The van der Waals surface area contributed by atoms with Gasteiger partial charge in [-0.15, -0.1) is 0 Å². The molecule has 0 aliphatic carbocycles. The quantitative estimate of drug-likeness (QED) is 0.772. The Hall–Kier alpha value is -2.10. The third kappa shape index (κ3) is 1.74. The zero-order valence-electron chi connectivity index (χ0n) is 8.32. The predicted octanol–water partition coefficient (Wildman–Crippen LogP) is 1.44. The third-order valence-electron chi connectivity index (χ3n) is 2.19. The van der Waals surface area contributed by atoms with Crippen molar-refractivity contribution in [2.45, 2.75) is 0 Å². The van der Waals surface area contributed by atoms with Crippen molar-refractivity contribution in [3.8, 4) is 11.3 Å². The second kappa shape index (κ2) is 3.96. The lowest BCUT2D eigenvalue weighted by atomic mass is 10.0.